The van der Waals surface area contributed by atoms with Gasteiger partial charge in [0.25, 0.3) is 0 Å². The molecule has 2 aliphatic rings. The van der Waals surface area contributed by atoms with Gasteiger partial charge in [0.15, 0.2) is 0 Å². The second-order valence-corrected chi connectivity index (χ2v) is 9.46. The van der Waals surface area contributed by atoms with Crippen LogP contribution < -0.4 is 4.74 Å². The van der Waals surface area contributed by atoms with Crippen molar-refractivity contribution in [2.75, 3.05) is 0 Å². The summed E-state index contributed by atoms with van der Waals surface area (Å²) in [6, 6.07) is 27.2. The van der Waals surface area contributed by atoms with E-state index < -0.39 is 0 Å². The van der Waals surface area contributed by atoms with Crippen molar-refractivity contribution in [3.05, 3.63) is 119 Å². The third-order valence-corrected chi connectivity index (χ3v) is 7.31. The van der Waals surface area contributed by atoms with Crippen LogP contribution in [0.15, 0.2) is 91.3 Å². The molecule has 0 saturated heterocycles. The van der Waals surface area contributed by atoms with Crippen LogP contribution in [0.5, 0.6) is 5.75 Å². The molecule has 174 valence electrons. The first-order valence-electron chi connectivity index (χ1n) is 12.6. The smallest absolute Gasteiger partial charge is 0.119 e. The summed E-state index contributed by atoms with van der Waals surface area (Å²) in [6.07, 6.45) is 7.64. The molecule has 3 aromatic heterocycles. The lowest BCUT2D eigenvalue weighted by Crippen LogP contribution is -2.16. The van der Waals surface area contributed by atoms with Crippen LogP contribution in [-0.4, -0.2) is 15.0 Å². The standard InChI is InChI=1S/C32H25N3O/c1-2-6-21(7-3-1)20-36-25-14-10-22(11-15-25)28-26-16-12-23-8-4-18-33-29(23)31(26)35-32-27(28)17-13-24-9-5-19-34-30(24)32/h1-11,14-15,18-19H,12-13,16-17,20H2. The van der Waals surface area contributed by atoms with Gasteiger partial charge in [0.1, 0.15) is 12.4 Å². The molecule has 0 atom stereocenters. The van der Waals surface area contributed by atoms with Crippen molar-refractivity contribution in [3.63, 3.8) is 0 Å². The molecule has 3 heterocycles. The summed E-state index contributed by atoms with van der Waals surface area (Å²) >= 11 is 0. The molecule has 0 spiro atoms. The molecule has 0 bridgehead atoms. The largest absolute Gasteiger partial charge is 0.489 e. The number of hydrogen-bond acceptors (Lipinski definition) is 4. The van der Waals surface area contributed by atoms with E-state index in [1.807, 2.05) is 42.7 Å². The zero-order valence-corrected chi connectivity index (χ0v) is 19.9. The Hall–Kier alpha value is -4.31. The van der Waals surface area contributed by atoms with E-state index in [1.165, 1.54) is 33.4 Å². The van der Waals surface area contributed by atoms with E-state index in [4.69, 9.17) is 19.7 Å². The van der Waals surface area contributed by atoms with Gasteiger partial charge in [0.05, 0.1) is 22.8 Å². The maximum absolute atomic E-state index is 6.07. The maximum Gasteiger partial charge on any atom is 0.119 e. The lowest BCUT2D eigenvalue weighted by atomic mass is 9.80. The Morgan fingerprint density at radius 1 is 0.583 bits per heavy atom. The molecule has 4 nitrogen and oxygen atoms in total. The fourth-order valence-corrected chi connectivity index (χ4v) is 5.58. The summed E-state index contributed by atoms with van der Waals surface area (Å²) < 4.78 is 6.07. The van der Waals surface area contributed by atoms with Gasteiger partial charge in [0, 0.05) is 12.4 Å². The predicted molar refractivity (Wildman–Crippen MR) is 142 cm³/mol. The number of aromatic nitrogens is 3. The third kappa shape index (κ3) is 3.57. The Balaban J connectivity index is 1.35. The van der Waals surface area contributed by atoms with Crippen molar-refractivity contribution in [1.29, 1.82) is 0 Å². The maximum atomic E-state index is 6.07. The van der Waals surface area contributed by atoms with Crippen molar-refractivity contribution >= 4 is 0 Å². The van der Waals surface area contributed by atoms with E-state index in [1.54, 1.807) is 0 Å². The Morgan fingerprint density at radius 3 is 1.81 bits per heavy atom. The highest BCUT2D eigenvalue weighted by molar-refractivity contribution is 5.86. The van der Waals surface area contributed by atoms with E-state index >= 15 is 0 Å². The number of nitrogens with zero attached hydrogens (tertiary/aromatic N) is 3. The van der Waals surface area contributed by atoms with Gasteiger partial charge >= 0.3 is 0 Å². The summed E-state index contributed by atoms with van der Waals surface area (Å²) in [4.78, 5) is 14.8. The van der Waals surface area contributed by atoms with Gasteiger partial charge < -0.3 is 4.74 Å². The molecule has 0 radical (unpaired) electrons. The minimum atomic E-state index is 0.561. The zero-order valence-electron chi connectivity index (χ0n) is 19.9. The first kappa shape index (κ1) is 21.0. The Kier molecular flexibility index (Phi) is 5.09. The molecule has 0 unspecified atom stereocenters. The van der Waals surface area contributed by atoms with E-state index in [9.17, 15) is 0 Å². The van der Waals surface area contributed by atoms with Gasteiger partial charge in [-0.2, -0.15) is 0 Å². The molecule has 2 aliphatic carbocycles. The van der Waals surface area contributed by atoms with Crippen LogP contribution in [0.25, 0.3) is 33.9 Å². The topological polar surface area (TPSA) is 47.9 Å². The number of rotatable bonds is 4. The van der Waals surface area contributed by atoms with Crippen molar-refractivity contribution in [2.24, 2.45) is 0 Å². The zero-order chi connectivity index (χ0) is 23.9. The minimum absolute atomic E-state index is 0.561. The molecular formula is C32H25N3O. The fraction of sp³-hybridized carbons (Fsp3) is 0.156. The van der Waals surface area contributed by atoms with E-state index in [2.05, 4.69) is 48.5 Å². The quantitative estimate of drug-likeness (QED) is 0.297. The van der Waals surface area contributed by atoms with Crippen molar-refractivity contribution in [3.8, 4) is 39.7 Å². The number of hydrogen-bond donors (Lipinski definition) is 0. The average molecular weight is 468 g/mol. The van der Waals surface area contributed by atoms with Crippen LogP contribution in [-0.2, 0) is 32.3 Å². The molecular weight excluding hydrogens is 442 g/mol. The van der Waals surface area contributed by atoms with Crippen LogP contribution in [0.1, 0.15) is 27.8 Å². The molecule has 5 aromatic rings. The molecule has 4 heteroatoms. The van der Waals surface area contributed by atoms with Gasteiger partial charge in [-0.3, -0.25) is 9.97 Å². The Bertz CT molecular complexity index is 1500. The van der Waals surface area contributed by atoms with E-state index in [0.717, 1.165) is 59.8 Å². The highest BCUT2D eigenvalue weighted by Crippen LogP contribution is 2.44. The second-order valence-electron chi connectivity index (χ2n) is 9.46. The summed E-state index contributed by atoms with van der Waals surface area (Å²) in [6.45, 7) is 0.561. The number of pyridine rings is 3. The molecule has 0 amide bonds. The summed E-state index contributed by atoms with van der Waals surface area (Å²) in [7, 11) is 0. The third-order valence-electron chi connectivity index (χ3n) is 7.31. The number of fused-ring (bicyclic) bond motifs is 6. The number of ether oxygens (including phenoxy) is 1. The molecule has 7 rings (SSSR count). The van der Waals surface area contributed by atoms with Crippen LogP contribution in [0, 0.1) is 0 Å². The van der Waals surface area contributed by atoms with Crippen LogP contribution >= 0.6 is 0 Å². The summed E-state index contributed by atoms with van der Waals surface area (Å²) in [5, 5.41) is 0. The molecule has 0 saturated carbocycles. The van der Waals surface area contributed by atoms with Crippen molar-refractivity contribution in [1.82, 2.24) is 15.0 Å². The van der Waals surface area contributed by atoms with Gasteiger partial charge in [-0.1, -0.05) is 54.6 Å². The lowest BCUT2D eigenvalue weighted by molar-refractivity contribution is 0.306. The van der Waals surface area contributed by atoms with Gasteiger partial charge in [0.2, 0.25) is 0 Å². The average Bonchev–Trinajstić information content (AvgIpc) is 2.95. The normalized spacial score (nSPS) is 13.2. The highest BCUT2D eigenvalue weighted by Gasteiger charge is 2.30. The van der Waals surface area contributed by atoms with E-state index in [0.29, 0.717) is 6.61 Å². The molecule has 0 aliphatic heterocycles. The lowest BCUT2D eigenvalue weighted by Gasteiger charge is -2.28. The SMILES string of the molecule is c1ccc(COc2ccc(-c3c4c(nc5c3CCc3cccnc3-5)-c3ncccc3CC4)cc2)cc1. The molecule has 0 fully saturated rings. The van der Waals surface area contributed by atoms with Gasteiger partial charge in [-0.25, -0.2) is 4.98 Å². The van der Waals surface area contributed by atoms with E-state index in [-0.39, 0.29) is 0 Å². The monoisotopic (exact) mass is 467 g/mol. The fourth-order valence-electron chi connectivity index (χ4n) is 5.58. The first-order valence-corrected chi connectivity index (χ1v) is 12.6. The summed E-state index contributed by atoms with van der Waals surface area (Å²) in [5.74, 6) is 0.874. The summed E-state index contributed by atoms with van der Waals surface area (Å²) in [5.41, 5.74) is 12.8. The highest BCUT2D eigenvalue weighted by atomic mass is 16.5. The van der Waals surface area contributed by atoms with Crippen LogP contribution in [0.2, 0.25) is 0 Å². The van der Waals surface area contributed by atoms with Gasteiger partial charge in [-0.15, -0.1) is 0 Å². The van der Waals surface area contributed by atoms with Crippen molar-refractivity contribution in [2.45, 2.75) is 32.3 Å². The minimum Gasteiger partial charge on any atom is -0.489 e. The second kappa shape index (κ2) is 8.72. The van der Waals surface area contributed by atoms with Crippen LogP contribution in [0.4, 0.5) is 0 Å². The Labute approximate surface area is 210 Å². The molecule has 0 N–H and O–H groups in total. The number of benzene rings is 2. The van der Waals surface area contributed by atoms with Crippen LogP contribution in [0.3, 0.4) is 0 Å². The van der Waals surface area contributed by atoms with Crippen molar-refractivity contribution < 1.29 is 4.74 Å². The Morgan fingerprint density at radius 2 is 1.19 bits per heavy atom. The predicted octanol–water partition coefficient (Wildman–Crippen LogP) is 6.65. The first-order chi connectivity index (χ1) is 17.8. The molecule has 36 heavy (non-hydrogen) atoms. The molecule has 2 aromatic carbocycles. The van der Waals surface area contributed by atoms with Gasteiger partial charge in [-0.05, 0) is 88.9 Å². The number of aryl methyl sites for hydroxylation is 2.